The van der Waals surface area contributed by atoms with Crippen LogP contribution in [0.3, 0.4) is 0 Å². The molecule has 0 unspecified atom stereocenters. The van der Waals surface area contributed by atoms with Crippen molar-refractivity contribution in [2.75, 3.05) is 22.0 Å². The average Bonchev–Trinajstić information content (AvgIpc) is 3.06. The number of hydrogen-bond acceptors (Lipinski definition) is 6. The van der Waals surface area contributed by atoms with Crippen LogP contribution in [0.2, 0.25) is 0 Å². The lowest BCUT2D eigenvalue weighted by molar-refractivity contribution is 0.451. The summed E-state index contributed by atoms with van der Waals surface area (Å²) in [6, 6.07) is 15.6. The lowest BCUT2D eigenvalue weighted by atomic mass is 10.1. The molecule has 2 heterocycles. The predicted octanol–water partition coefficient (Wildman–Crippen LogP) is 2.27. The van der Waals surface area contributed by atoms with E-state index in [0.717, 1.165) is 11.6 Å². The summed E-state index contributed by atoms with van der Waals surface area (Å²) >= 11 is 0. The second-order valence-corrected chi connectivity index (χ2v) is 8.40. The van der Waals surface area contributed by atoms with Crippen molar-refractivity contribution in [1.82, 2.24) is 9.97 Å². The molecule has 3 aromatic rings. The monoisotopic (exact) mass is 398 g/mol. The van der Waals surface area contributed by atoms with Gasteiger partial charge in [-0.1, -0.05) is 24.3 Å². The van der Waals surface area contributed by atoms with Gasteiger partial charge in [-0.3, -0.25) is 19.0 Å². The molecule has 1 aromatic heterocycles. The van der Waals surface area contributed by atoms with Gasteiger partial charge in [0.1, 0.15) is 0 Å². The van der Waals surface area contributed by atoms with Gasteiger partial charge in [0.25, 0.3) is 5.56 Å². The van der Waals surface area contributed by atoms with Gasteiger partial charge in [-0.05, 0) is 36.2 Å². The maximum atomic E-state index is 12.1. The number of rotatable bonds is 4. The number of para-hydroxylation sites is 1. The third-order valence-corrected chi connectivity index (χ3v) is 5.70. The zero-order valence-electron chi connectivity index (χ0n) is 15.0. The van der Waals surface area contributed by atoms with Crippen LogP contribution in [0.25, 0.3) is 0 Å². The SMILES string of the molecule is CS(=O)(=O)N1CCc2ccc(N(c3ccccc3)c3nc(O)cc(=O)[nH]3)cc21. The van der Waals surface area contributed by atoms with E-state index in [2.05, 4.69) is 9.97 Å². The van der Waals surface area contributed by atoms with Crippen LogP contribution in [0, 0.1) is 0 Å². The molecule has 144 valence electrons. The zero-order valence-corrected chi connectivity index (χ0v) is 15.8. The molecule has 1 aliphatic rings. The average molecular weight is 398 g/mol. The molecule has 2 N–H and O–H groups in total. The van der Waals surface area contributed by atoms with E-state index in [4.69, 9.17) is 0 Å². The van der Waals surface area contributed by atoms with Crippen molar-refractivity contribution in [2.45, 2.75) is 6.42 Å². The molecule has 0 spiro atoms. The highest BCUT2D eigenvalue weighted by atomic mass is 32.2. The van der Waals surface area contributed by atoms with Gasteiger partial charge in [-0.2, -0.15) is 4.98 Å². The summed E-state index contributed by atoms with van der Waals surface area (Å²) in [6.45, 7) is 0.393. The molecular weight excluding hydrogens is 380 g/mol. The molecule has 0 saturated heterocycles. The van der Waals surface area contributed by atoms with Crippen LogP contribution in [0.1, 0.15) is 5.56 Å². The maximum Gasteiger partial charge on any atom is 0.256 e. The van der Waals surface area contributed by atoms with Crippen molar-refractivity contribution in [3.8, 4) is 5.88 Å². The van der Waals surface area contributed by atoms with Gasteiger partial charge in [-0.25, -0.2) is 8.42 Å². The molecule has 1 aliphatic heterocycles. The van der Waals surface area contributed by atoms with Gasteiger partial charge in [0, 0.05) is 12.2 Å². The number of nitrogens with one attached hydrogen (secondary N) is 1. The minimum absolute atomic E-state index is 0.125. The molecular formula is C19H18N4O4S. The lowest BCUT2D eigenvalue weighted by Gasteiger charge is -2.25. The molecule has 0 saturated carbocycles. The number of anilines is 4. The number of H-pyrrole nitrogens is 1. The number of nitrogens with zero attached hydrogens (tertiary/aromatic N) is 3. The second-order valence-electron chi connectivity index (χ2n) is 6.50. The number of aromatic hydroxyl groups is 1. The summed E-state index contributed by atoms with van der Waals surface area (Å²) in [5.74, 6) is -0.279. The second kappa shape index (κ2) is 6.68. The first kappa shape index (κ1) is 18.1. The third kappa shape index (κ3) is 3.31. The van der Waals surface area contributed by atoms with E-state index in [1.165, 1.54) is 10.6 Å². The number of fused-ring (bicyclic) bond motifs is 1. The Morgan fingerprint density at radius 1 is 1.11 bits per heavy atom. The first-order chi connectivity index (χ1) is 13.3. The lowest BCUT2D eigenvalue weighted by Crippen LogP contribution is -2.27. The number of sulfonamides is 1. The van der Waals surface area contributed by atoms with E-state index >= 15 is 0 Å². The number of aromatic amines is 1. The van der Waals surface area contributed by atoms with Crippen LogP contribution in [0.5, 0.6) is 5.88 Å². The zero-order chi connectivity index (χ0) is 19.9. The first-order valence-corrected chi connectivity index (χ1v) is 10.4. The van der Waals surface area contributed by atoms with Crippen LogP contribution < -0.4 is 14.8 Å². The Morgan fingerprint density at radius 3 is 2.54 bits per heavy atom. The Morgan fingerprint density at radius 2 is 1.86 bits per heavy atom. The molecule has 4 rings (SSSR count). The van der Waals surface area contributed by atoms with Crippen molar-refractivity contribution in [3.63, 3.8) is 0 Å². The van der Waals surface area contributed by atoms with Gasteiger partial charge in [0.05, 0.1) is 23.7 Å². The van der Waals surface area contributed by atoms with Crippen LogP contribution in [-0.2, 0) is 16.4 Å². The molecule has 8 nitrogen and oxygen atoms in total. The third-order valence-electron chi connectivity index (χ3n) is 4.52. The highest BCUT2D eigenvalue weighted by Crippen LogP contribution is 2.38. The highest BCUT2D eigenvalue weighted by Gasteiger charge is 2.27. The van der Waals surface area contributed by atoms with E-state index in [0.29, 0.717) is 30.0 Å². The number of benzene rings is 2. The van der Waals surface area contributed by atoms with E-state index in [1.807, 2.05) is 42.5 Å². The molecule has 0 fully saturated rings. The van der Waals surface area contributed by atoms with Crippen LogP contribution in [0.15, 0.2) is 59.4 Å². The molecule has 0 amide bonds. The molecule has 0 radical (unpaired) electrons. The quantitative estimate of drug-likeness (QED) is 0.698. The van der Waals surface area contributed by atoms with Crippen molar-refractivity contribution in [2.24, 2.45) is 0 Å². The van der Waals surface area contributed by atoms with E-state index in [-0.39, 0.29) is 5.95 Å². The molecule has 2 aromatic carbocycles. The van der Waals surface area contributed by atoms with Crippen molar-refractivity contribution < 1.29 is 13.5 Å². The van der Waals surface area contributed by atoms with E-state index in [1.54, 1.807) is 11.0 Å². The molecule has 0 atom stereocenters. The Balaban J connectivity index is 1.90. The first-order valence-electron chi connectivity index (χ1n) is 8.59. The Kier molecular flexibility index (Phi) is 4.31. The minimum atomic E-state index is -3.40. The summed E-state index contributed by atoms with van der Waals surface area (Å²) in [6.07, 6.45) is 1.81. The fraction of sp³-hybridized carbons (Fsp3) is 0.158. The van der Waals surface area contributed by atoms with Crippen molar-refractivity contribution in [1.29, 1.82) is 0 Å². The Labute approximate surface area is 161 Å². The topological polar surface area (TPSA) is 107 Å². The Bertz CT molecular complexity index is 1190. The summed E-state index contributed by atoms with van der Waals surface area (Å²) in [5.41, 5.74) is 2.33. The molecule has 0 bridgehead atoms. The van der Waals surface area contributed by atoms with Gasteiger partial charge in [0.15, 0.2) is 0 Å². The van der Waals surface area contributed by atoms with Gasteiger partial charge in [0.2, 0.25) is 21.9 Å². The Hall–Kier alpha value is -3.33. The predicted molar refractivity (Wildman–Crippen MR) is 107 cm³/mol. The van der Waals surface area contributed by atoms with E-state index in [9.17, 15) is 18.3 Å². The van der Waals surface area contributed by atoms with Crippen LogP contribution >= 0.6 is 0 Å². The molecule has 28 heavy (non-hydrogen) atoms. The van der Waals surface area contributed by atoms with Crippen molar-refractivity contribution in [3.05, 3.63) is 70.5 Å². The fourth-order valence-electron chi connectivity index (χ4n) is 3.33. The van der Waals surface area contributed by atoms with Crippen molar-refractivity contribution >= 4 is 33.0 Å². The number of hydrogen-bond donors (Lipinski definition) is 2. The number of aromatic nitrogens is 2. The standard InChI is InChI=1S/C19H18N4O4S/c1-28(26,27)22-10-9-13-7-8-15(11-16(13)22)23(14-5-3-2-4-6-14)19-20-17(24)12-18(25)21-19/h2-8,11-12H,9-10H2,1H3,(H2,20,21,24,25). The van der Waals surface area contributed by atoms with Gasteiger partial charge >= 0.3 is 0 Å². The normalized spacial score (nSPS) is 13.4. The summed E-state index contributed by atoms with van der Waals surface area (Å²) < 4.78 is 25.6. The summed E-state index contributed by atoms with van der Waals surface area (Å²) in [7, 11) is -3.40. The summed E-state index contributed by atoms with van der Waals surface area (Å²) in [4.78, 5) is 20.2. The van der Waals surface area contributed by atoms with Gasteiger partial charge < -0.3 is 5.11 Å². The minimum Gasteiger partial charge on any atom is -0.493 e. The maximum absolute atomic E-state index is 12.1. The molecule has 0 aliphatic carbocycles. The molecule has 9 heteroatoms. The van der Waals surface area contributed by atoms with Crippen LogP contribution in [-0.4, -0.2) is 36.3 Å². The largest absolute Gasteiger partial charge is 0.493 e. The van der Waals surface area contributed by atoms with Crippen LogP contribution in [0.4, 0.5) is 23.0 Å². The summed E-state index contributed by atoms with van der Waals surface area (Å²) in [5, 5.41) is 9.79. The fourth-order valence-corrected chi connectivity index (χ4v) is 4.28. The smallest absolute Gasteiger partial charge is 0.256 e. The van der Waals surface area contributed by atoms with E-state index < -0.39 is 21.5 Å². The van der Waals surface area contributed by atoms with Gasteiger partial charge in [-0.15, -0.1) is 0 Å². The highest BCUT2D eigenvalue weighted by molar-refractivity contribution is 7.92.